The monoisotopic (exact) mass is 196 g/mol. The van der Waals surface area contributed by atoms with Crippen molar-refractivity contribution >= 4 is 6.21 Å². The highest BCUT2D eigenvalue weighted by Gasteiger charge is 2.33. The number of fused-ring (bicyclic) bond motifs is 3. The number of hydrogen-bond acceptors (Lipinski definition) is 3. The van der Waals surface area contributed by atoms with Crippen molar-refractivity contribution in [3.05, 3.63) is 0 Å². The molecular formula is C11H20N2O. The molecule has 3 aliphatic rings. The Morgan fingerprint density at radius 1 is 1.43 bits per heavy atom. The molecule has 2 bridgehead atoms. The maximum absolute atomic E-state index is 4.96. The van der Waals surface area contributed by atoms with E-state index in [4.69, 9.17) is 4.84 Å². The number of oxime groups is 1. The molecule has 3 aliphatic heterocycles. The van der Waals surface area contributed by atoms with E-state index >= 15 is 0 Å². The number of piperidine rings is 3. The van der Waals surface area contributed by atoms with Crippen LogP contribution in [0.1, 0.15) is 26.2 Å². The zero-order valence-electron chi connectivity index (χ0n) is 8.98. The first-order valence-corrected chi connectivity index (χ1v) is 5.76. The van der Waals surface area contributed by atoms with Crippen LogP contribution in [0.4, 0.5) is 0 Å². The van der Waals surface area contributed by atoms with Crippen LogP contribution >= 0.6 is 0 Å². The van der Waals surface area contributed by atoms with Crippen molar-refractivity contribution in [2.24, 2.45) is 17.0 Å². The highest BCUT2D eigenvalue weighted by atomic mass is 16.6. The second kappa shape index (κ2) is 4.78. The van der Waals surface area contributed by atoms with Crippen molar-refractivity contribution < 1.29 is 4.84 Å². The molecule has 0 spiro atoms. The van der Waals surface area contributed by atoms with Gasteiger partial charge in [-0.05, 0) is 51.1 Å². The lowest BCUT2D eigenvalue weighted by atomic mass is 9.78. The summed E-state index contributed by atoms with van der Waals surface area (Å²) in [6.45, 7) is 6.57. The topological polar surface area (TPSA) is 24.8 Å². The highest BCUT2D eigenvalue weighted by molar-refractivity contribution is 5.56. The van der Waals surface area contributed by atoms with E-state index in [1.165, 1.54) is 32.5 Å². The molecule has 0 aliphatic carbocycles. The predicted molar refractivity (Wildman–Crippen MR) is 57.4 cm³/mol. The van der Waals surface area contributed by atoms with Gasteiger partial charge in [-0.3, -0.25) is 0 Å². The molecule has 0 aromatic rings. The average Bonchev–Trinajstić information content (AvgIpc) is 2.26. The Hall–Kier alpha value is -0.570. The van der Waals surface area contributed by atoms with E-state index < -0.39 is 0 Å². The number of rotatable bonds is 4. The third-order valence-electron chi connectivity index (χ3n) is 3.48. The van der Waals surface area contributed by atoms with Gasteiger partial charge in [0.1, 0.15) is 6.61 Å². The van der Waals surface area contributed by atoms with Crippen molar-refractivity contribution in [3.63, 3.8) is 0 Å². The van der Waals surface area contributed by atoms with Gasteiger partial charge in [0.15, 0.2) is 0 Å². The Labute approximate surface area is 86.1 Å². The zero-order valence-corrected chi connectivity index (χ0v) is 8.98. The average molecular weight is 196 g/mol. The molecule has 0 saturated carbocycles. The second-order valence-corrected chi connectivity index (χ2v) is 4.34. The van der Waals surface area contributed by atoms with Gasteiger partial charge >= 0.3 is 0 Å². The third-order valence-corrected chi connectivity index (χ3v) is 3.48. The van der Waals surface area contributed by atoms with Gasteiger partial charge in [0.2, 0.25) is 0 Å². The van der Waals surface area contributed by atoms with E-state index in [1.807, 2.05) is 13.1 Å². The molecule has 0 radical (unpaired) electrons. The number of nitrogens with zero attached hydrogens (tertiary/aromatic N) is 2. The van der Waals surface area contributed by atoms with Crippen molar-refractivity contribution in [2.45, 2.75) is 26.2 Å². The van der Waals surface area contributed by atoms with Crippen LogP contribution in [-0.2, 0) is 4.84 Å². The predicted octanol–water partition coefficient (Wildman–Crippen LogP) is 1.74. The maximum atomic E-state index is 4.96. The minimum atomic E-state index is 0.677. The summed E-state index contributed by atoms with van der Waals surface area (Å²) in [4.78, 5) is 7.54. The highest BCUT2D eigenvalue weighted by Crippen LogP contribution is 2.33. The van der Waals surface area contributed by atoms with Crippen LogP contribution in [0.2, 0.25) is 0 Å². The van der Waals surface area contributed by atoms with E-state index in [2.05, 4.69) is 10.1 Å². The minimum Gasteiger partial charge on any atom is -0.396 e. The molecule has 1 atom stereocenters. The first kappa shape index (κ1) is 9.97. The standard InChI is InChI=1S/C11H20N2O/c1-2-14-12-6-3-11-9-13-7-4-10(11)5-8-13/h6,10-11H,2-5,7-9H2,1H3. The Bertz CT molecular complexity index is 197. The van der Waals surface area contributed by atoms with Gasteiger partial charge in [0.05, 0.1) is 0 Å². The van der Waals surface area contributed by atoms with Gasteiger partial charge < -0.3 is 9.74 Å². The van der Waals surface area contributed by atoms with E-state index in [0.29, 0.717) is 6.61 Å². The molecule has 3 rings (SSSR count). The first-order chi connectivity index (χ1) is 6.90. The molecule has 3 heterocycles. The largest absolute Gasteiger partial charge is 0.396 e. The van der Waals surface area contributed by atoms with Crippen LogP contribution in [0.25, 0.3) is 0 Å². The van der Waals surface area contributed by atoms with Crippen LogP contribution in [-0.4, -0.2) is 37.4 Å². The molecule has 3 nitrogen and oxygen atoms in total. The van der Waals surface area contributed by atoms with Gasteiger partial charge in [-0.1, -0.05) is 5.16 Å². The summed E-state index contributed by atoms with van der Waals surface area (Å²) in [6, 6.07) is 0. The van der Waals surface area contributed by atoms with Gasteiger partial charge in [0.25, 0.3) is 0 Å². The van der Waals surface area contributed by atoms with Crippen LogP contribution in [0.3, 0.4) is 0 Å². The first-order valence-electron chi connectivity index (χ1n) is 5.76. The fourth-order valence-electron chi connectivity index (χ4n) is 2.66. The summed E-state index contributed by atoms with van der Waals surface area (Å²) in [6.07, 6.45) is 5.84. The lowest BCUT2D eigenvalue weighted by Gasteiger charge is -2.44. The van der Waals surface area contributed by atoms with E-state index in [-0.39, 0.29) is 0 Å². The molecule has 3 saturated heterocycles. The molecule has 14 heavy (non-hydrogen) atoms. The van der Waals surface area contributed by atoms with Crippen LogP contribution in [0.5, 0.6) is 0 Å². The molecule has 0 amide bonds. The van der Waals surface area contributed by atoms with Gasteiger partial charge in [-0.25, -0.2) is 0 Å². The normalized spacial score (nSPS) is 36.5. The quantitative estimate of drug-likeness (QED) is 0.505. The summed E-state index contributed by atoms with van der Waals surface area (Å²) in [5.74, 6) is 1.79. The van der Waals surface area contributed by atoms with Crippen molar-refractivity contribution in [1.29, 1.82) is 0 Å². The Kier molecular flexibility index (Phi) is 3.40. The molecular weight excluding hydrogens is 176 g/mol. The van der Waals surface area contributed by atoms with Crippen molar-refractivity contribution in [2.75, 3.05) is 26.2 Å². The zero-order chi connectivity index (χ0) is 9.80. The van der Waals surface area contributed by atoms with Crippen LogP contribution < -0.4 is 0 Å². The van der Waals surface area contributed by atoms with E-state index in [0.717, 1.165) is 18.3 Å². The van der Waals surface area contributed by atoms with Gasteiger partial charge in [-0.15, -0.1) is 0 Å². The van der Waals surface area contributed by atoms with Crippen LogP contribution in [0, 0.1) is 11.8 Å². The Morgan fingerprint density at radius 3 is 2.79 bits per heavy atom. The molecule has 0 N–H and O–H groups in total. The second-order valence-electron chi connectivity index (χ2n) is 4.34. The lowest BCUT2D eigenvalue weighted by Crippen LogP contribution is -2.47. The summed E-state index contributed by atoms with van der Waals surface area (Å²) < 4.78 is 0. The Balaban J connectivity index is 1.75. The summed E-state index contributed by atoms with van der Waals surface area (Å²) >= 11 is 0. The Morgan fingerprint density at radius 2 is 2.21 bits per heavy atom. The third kappa shape index (κ3) is 2.27. The fraction of sp³-hybridized carbons (Fsp3) is 0.909. The molecule has 1 unspecified atom stereocenters. The summed E-state index contributed by atoms with van der Waals surface area (Å²) in [7, 11) is 0. The van der Waals surface area contributed by atoms with Gasteiger partial charge in [-0.2, -0.15) is 0 Å². The molecule has 3 fully saturated rings. The van der Waals surface area contributed by atoms with Crippen molar-refractivity contribution in [1.82, 2.24) is 4.90 Å². The molecule has 80 valence electrons. The van der Waals surface area contributed by atoms with E-state index in [9.17, 15) is 0 Å². The van der Waals surface area contributed by atoms with E-state index in [1.54, 1.807) is 0 Å². The van der Waals surface area contributed by atoms with Crippen LogP contribution in [0.15, 0.2) is 5.16 Å². The molecule has 3 heteroatoms. The molecule has 0 aromatic carbocycles. The smallest absolute Gasteiger partial charge is 0.114 e. The van der Waals surface area contributed by atoms with Crippen molar-refractivity contribution in [3.8, 4) is 0 Å². The summed E-state index contributed by atoms with van der Waals surface area (Å²) in [5.41, 5.74) is 0. The van der Waals surface area contributed by atoms with Gasteiger partial charge in [0, 0.05) is 12.8 Å². The fourth-order valence-corrected chi connectivity index (χ4v) is 2.66. The lowest BCUT2D eigenvalue weighted by molar-refractivity contribution is 0.0545. The molecule has 0 aromatic heterocycles. The summed E-state index contributed by atoms with van der Waals surface area (Å²) in [5, 5.41) is 3.92. The SMILES string of the molecule is CCON=CCC1CN2CCC1CC2. The number of hydrogen-bond donors (Lipinski definition) is 0. The minimum absolute atomic E-state index is 0.677. The maximum Gasteiger partial charge on any atom is 0.114 e.